The number of aliphatic hydroxyl groups excluding tert-OH is 1. The van der Waals surface area contributed by atoms with Crippen LogP contribution in [-0.2, 0) is 13.0 Å². The molecule has 1 heterocycles. The molecule has 2 rings (SSSR count). The van der Waals surface area contributed by atoms with E-state index in [0.29, 0.717) is 5.92 Å². The van der Waals surface area contributed by atoms with Gasteiger partial charge in [-0.2, -0.15) is 0 Å². The predicted molar refractivity (Wildman–Crippen MR) is 87.5 cm³/mol. The molecule has 0 fully saturated rings. The zero-order valence-electron chi connectivity index (χ0n) is 12.6. The third kappa shape index (κ3) is 3.71. The van der Waals surface area contributed by atoms with Crippen LogP contribution in [0.4, 0.5) is 0 Å². The van der Waals surface area contributed by atoms with Crippen LogP contribution in [0.1, 0.15) is 52.8 Å². The zero-order valence-corrected chi connectivity index (χ0v) is 13.5. The first-order valence-corrected chi connectivity index (χ1v) is 8.26. The van der Waals surface area contributed by atoms with Gasteiger partial charge < -0.3 is 5.11 Å². The maximum atomic E-state index is 9.22. The summed E-state index contributed by atoms with van der Waals surface area (Å²) in [6, 6.07) is 8.77. The Bertz CT molecular complexity index is 556. The summed E-state index contributed by atoms with van der Waals surface area (Å²) in [4.78, 5) is 1.52. The quantitative estimate of drug-likeness (QED) is 0.794. The topological polar surface area (TPSA) is 20.2 Å². The molecule has 1 N–H and O–H groups in total. The molecule has 0 saturated carbocycles. The van der Waals surface area contributed by atoms with Gasteiger partial charge in [0.25, 0.3) is 0 Å². The minimum Gasteiger partial charge on any atom is -0.392 e. The number of hydrogen-bond acceptors (Lipinski definition) is 2. The van der Waals surface area contributed by atoms with E-state index in [9.17, 15) is 5.11 Å². The van der Waals surface area contributed by atoms with Crippen molar-refractivity contribution >= 4 is 11.3 Å². The Balaban J connectivity index is 2.01. The molecule has 1 atom stereocenters. The maximum Gasteiger partial charge on any atom is 0.0684 e. The standard InChI is InChI=1S/C18H24OS/c1-4-16(18-9-13(2)12-20-18)7-5-15-6-8-17(11-19)14(3)10-15/h6,8-10,12,16,19H,4-5,7,11H2,1-3H3. The molecule has 2 aromatic rings. The fourth-order valence-corrected chi connectivity index (χ4v) is 3.77. The van der Waals surface area contributed by atoms with Crippen LogP contribution in [0.25, 0.3) is 0 Å². The SMILES string of the molecule is CCC(CCc1ccc(CO)c(C)c1)c1cc(C)cs1. The lowest BCUT2D eigenvalue weighted by Gasteiger charge is -2.13. The Hall–Kier alpha value is -1.12. The molecule has 0 bridgehead atoms. The molecule has 0 amide bonds. The predicted octanol–water partition coefficient (Wildman–Crippen LogP) is 4.98. The molecule has 0 radical (unpaired) electrons. The first-order chi connectivity index (χ1) is 9.63. The normalized spacial score (nSPS) is 12.6. The first-order valence-electron chi connectivity index (χ1n) is 7.38. The minimum atomic E-state index is 0.137. The third-order valence-corrected chi connectivity index (χ3v) is 5.22. The van der Waals surface area contributed by atoms with Crippen LogP contribution in [0.2, 0.25) is 0 Å². The van der Waals surface area contributed by atoms with E-state index in [-0.39, 0.29) is 6.61 Å². The summed E-state index contributed by atoms with van der Waals surface area (Å²) in [5, 5.41) is 11.5. The van der Waals surface area contributed by atoms with Crippen molar-refractivity contribution in [1.82, 2.24) is 0 Å². The number of hydrogen-bond donors (Lipinski definition) is 1. The Kier molecular flexibility index (Phi) is 5.38. The van der Waals surface area contributed by atoms with Gasteiger partial charge in [0, 0.05) is 4.88 Å². The summed E-state index contributed by atoms with van der Waals surface area (Å²) < 4.78 is 0. The largest absolute Gasteiger partial charge is 0.392 e. The van der Waals surface area contributed by atoms with Crippen molar-refractivity contribution in [2.75, 3.05) is 0 Å². The highest BCUT2D eigenvalue weighted by Crippen LogP contribution is 2.30. The second kappa shape index (κ2) is 7.05. The van der Waals surface area contributed by atoms with Crippen LogP contribution in [0.15, 0.2) is 29.6 Å². The number of aliphatic hydroxyl groups is 1. The Morgan fingerprint density at radius 2 is 2.00 bits per heavy atom. The number of rotatable bonds is 6. The van der Waals surface area contributed by atoms with E-state index in [0.717, 1.165) is 12.0 Å². The fraction of sp³-hybridized carbons (Fsp3) is 0.444. The van der Waals surface area contributed by atoms with Crippen molar-refractivity contribution in [3.05, 3.63) is 56.8 Å². The van der Waals surface area contributed by atoms with Crippen molar-refractivity contribution in [1.29, 1.82) is 0 Å². The average Bonchev–Trinajstić information content (AvgIpc) is 2.86. The van der Waals surface area contributed by atoms with E-state index in [1.807, 2.05) is 11.3 Å². The molecule has 108 valence electrons. The molecular weight excluding hydrogens is 264 g/mol. The van der Waals surface area contributed by atoms with Gasteiger partial charge in [-0.25, -0.2) is 0 Å². The van der Waals surface area contributed by atoms with Crippen LogP contribution in [0.5, 0.6) is 0 Å². The number of aryl methyl sites for hydroxylation is 3. The van der Waals surface area contributed by atoms with Crippen LogP contribution >= 0.6 is 11.3 Å². The third-order valence-electron chi connectivity index (χ3n) is 4.00. The number of benzene rings is 1. The van der Waals surface area contributed by atoms with E-state index < -0.39 is 0 Å². The van der Waals surface area contributed by atoms with E-state index in [2.05, 4.69) is 50.4 Å². The molecule has 1 aromatic carbocycles. The smallest absolute Gasteiger partial charge is 0.0684 e. The second-order valence-electron chi connectivity index (χ2n) is 5.59. The summed E-state index contributed by atoms with van der Waals surface area (Å²) in [6.07, 6.45) is 3.52. The lowest BCUT2D eigenvalue weighted by molar-refractivity contribution is 0.281. The van der Waals surface area contributed by atoms with Crippen molar-refractivity contribution in [2.24, 2.45) is 0 Å². The number of thiophene rings is 1. The highest BCUT2D eigenvalue weighted by molar-refractivity contribution is 7.10. The molecule has 1 nitrogen and oxygen atoms in total. The van der Waals surface area contributed by atoms with E-state index >= 15 is 0 Å². The van der Waals surface area contributed by atoms with E-state index in [1.165, 1.54) is 34.4 Å². The van der Waals surface area contributed by atoms with Gasteiger partial charge in [-0.1, -0.05) is 25.1 Å². The maximum absolute atomic E-state index is 9.22. The second-order valence-corrected chi connectivity index (χ2v) is 6.53. The molecule has 0 aliphatic rings. The minimum absolute atomic E-state index is 0.137. The van der Waals surface area contributed by atoms with E-state index in [1.54, 1.807) is 0 Å². The summed E-state index contributed by atoms with van der Waals surface area (Å²) in [7, 11) is 0. The summed E-state index contributed by atoms with van der Waals surface area (Å²) in [6.45, 7) is 6.66. The van der Waals surface area contributed by atoms with Gasteiger partial charge in [0.2, 0.25) is 0 Å². The van der Waals surface area contributed by atoms with Crippen LogP contribution in [0.3, 0.4) is 0 Å². The van der Waals surface area contributed by atoms with Gasteiger partial charge in [0.1, 0.15) is 0 Å². The molecule has 1 unspecified atom stereocenters. The van der Waals surface area contributed by atoms with Crippen molar-refractivity contribution in [3.8, 4) is 0 Å². The zero-order chi connectivity index (χ0) is 14.5. The van der Waals surface area contributed by atoms with E-state index in [4.69, 9.17) is 0 Å². The summed E-state index contributed by atoms with van der Waals surface area (Å²) >= 11 is 1.89. The van der Waals surface area contributed by atoms with Gasteiger partial charge in [-0.3, -0.25) is 0 Å². The molecule has 20 heavy (non-hydrogen) atoms. The fourth-order valence-electron chi connectivity index (χ4n) is 2.65. The molecule has 1 aromatic heterocycles. The van der Waals surface area contributed by atoms with Crippen molar-refractivity contribution in [3.63, 3.8) is 0 Å². The highest BCUT2D eigenvalue weighted by atomic mass is 32.1. The van der Waals surface area contributed by atoms with Crippen LogP contribution in [0, 0.1) is 13.8 Å². The summed E-state index contributed by atoms with van der Waals surface area (Å²) in [5.41, 5.74) is 5.00. The lowest BCUT2D eigenvalue weighted by atomic mass is 9.94. The lowest BCUT2D eigenvalue weighted by Crippen LogP contribution is -1.99. The van der Waals surface area contributed by atoms with Crippen LogP contribution in [-0.4, -0.2) is 5.11 Å². The Labute approximate surface area is 126 Å². The average molecular weight is 288 g/mol. The molecule has 0 saturated heterocycles. The summed E-state index contributed by atoms with van der Waals surface area (Å²) in [5.74, 6) is 0.673. The van der Waals surface area contributed by atoms with Gasteiger partial charge in [0.15, 0.2) is 0 Å². The van der Waals surface area contributed by atoms with Gasteiger partial charge in [0.05, 0.1) is 6.61 Å². The monoisotopic (exact) mass is 288 g/mol. The highest BCUT2D eigenvalue weighted by Gasteiger charge is 2.11. The van der Waals surface area contributed by atoms with Crippen molar-refractivity contribution < 1.29 is 5.11 Å². The molecule has 2 heteroatoms. The molecular formula is C18H24OS. The molecule has 0 aliphatic carbocycles. The van der Waals surface area contributed by atoms with Gasteiger partial charge in [-0.15, -0.1) is 11.3 Å². The van der Waals surface area contributed by atoms with Crippen molar-refractivity contribution in [2.45, 2.75) is 52.6 Å². The Morgan fingerprint density at radius 3 is 2.55 bits per heavy atom. The van der Waals surface area contributed by atoms with Gasteiger partial charge in [-0.05, 0) is 72.7 Å². The molecule has 0 aliphatic heterocycles. The molecule has 0 spiro atoms. The van der Waals surface area contributed by atoms with Crippen LogP contribution < -0.4 is 0 Å². The Morgan fingerprint density at radius 1 is 1.20 bits per heavy atom. The first kappa shape index (κ1) is 15.3. The van der Waals surface area contributed by atoms with Gasteiger partial charge >= 0.3 is 0 Å².